The molecule has 13 heavy (non-hydrogen) atoms. The molecule has 0 fully saturated rings. The second-order valence-electron chi connectivity index (χ2n) is 2.54. The normalized spacial score (nSPS) is 8.77. The molecule has 0 spiro atoms. The van der Waals surface area contributed by atoms with Gasteiger partial charge in [-0.25, -0.2) is 4.79 Å². The van der Waals surface area contributed by atoms with Crippen molar-refractivity contribution in [3.8, 4) is 0 Å². The molecule has 0 atom stereocenters. The van der Waals surface area contributed by atoms with E-state index in [1.54, 1.807) is 12.1 Å². The summed E-state index contributed by atoms with van der Waals surface area (Å²) in [5, 5.41) is 0. The van der Waals surface area contributed by atoms with Crippen LogP contribution in [0.3, 0.4) is 0 Å². The van der Waals surface area contributed by atoms with Gasteiger partial charge in [-0.2, -0.15) is 0 Å². The molecule has 66 valence electrons. The summed E-state index contributed by atoms with van der Waals surface area (Å²) in [4.78, 5) is 11.0. The predicted octanol–water partition coefficient (Wildman–Crippen LogP) is 2.03. The Labute approximate surface area is 91.0 Å². The molecule has 0 unspecified atom stereocenters. The van der Waals surface area contributed by atoms with Gasteiger partial charge >= 0.3 is 5.97 Å². The number of carbonyl (C=O) groups excluding carboxylic acids is 1. The number of hydrogen-bond acceptors (Lipinski definition) is 2. The number of hydrogen-bond donors (Lipinski definition) is 0. The quantitative estimate of drug-likeness (QED) is 0.573. The molecule has 2 nitrogen and oxygen atoms in total. The zero-order valence-electron chi connectivity index (χ0n) is 8.04. The fourth-order valence-electron chi connectivity index (χ4n) is 0.994. The smallest absolute Gasteiger partial charge is 0.337 e. The Morgan fingerprint density at radius 2 is 1.85 bits per heavy atom. The van der Waals surface area contributed by atoms with Gasteiger partial charge in [0.05, 0.1) is 12.7 Å². The molecule has 0 heterocycles. The number of ether oxygens (including phenoxy) is 1. The molecule has 0 aromatic heterocycles. The van der Waals surface area contributed by atoms with Crippen LogP contribution >= 0.6 is 0 Å². The van der Waals surface area contributed by atoms with Gasteiger partial charge in [0.25, 0.3) is 0 Å². The standard InChI is InChI=1S/C10H12O2.Zn/c1-3-8-4-6-9(7-5-8)10(11)12-2;/h4-7H,3H2,1-2H3;. The van der Waals surface area contributed by atoms with Crippen LogP contribution in [0.1, 0.15) is 22.8 Å². The molecule has 3 heteroatoms. The van der Waals surface area contributed by atoms with E-state index in [-0.39, 0.29) is 25.4 Å². The second kappa shape index (κ2) is 5.87. The third-order valence-electron chi connectivity index (χ3n) is 1.78. The molecular formula is C10H12O2Zn. The molecule has 0 bridgehead atoms. The summed E-state index contributed by atoms with van der Waals surface area (Å²) in [5.74, 6) is -0.280. The van der Waals surface area contributed by atoms with Gasteiger partial charge < -0.3 is 4.74 Å². The Balaban J connectivity index is 0.00000144. The van der Waals surface area contributed by atoms with Crippen molar-refractivity contribution in [3.05, 3.63) is 35.4 Å². The Morgan fingerprint density at radius 1 is 1.31 bits per heavy atom. The van der Waals surface area contributed by atoms with E-state index in [1.807, 2.05) is 12.1 Å². The van der Waals surface area contributed by atoms with E-state index in [2.05, 4.69) is 11.7 Å². The number of carbonyl (C=O) groups is 1. The Hall–Kier alpha value is -0.687. The fourth-order valence-corrected chi connectivity index (χ4v) is 0.994. The van der Waals surface area contributed by atoms with Crippen molar-refractivity contribution in [2.75, 3.05) is 7.11 Å². The van der Waals surface area contributed by atoms with E-state index in [0.29, 0.717) is 5.56 Å². The maximum absolute atomic E-state index is 11.0. The molecule has 1 rings (SSSR count). The summed E-state index contributed by atoms with van der Waals surface area (Å²) in [5.41, 5.74) is 1.83. The minimum Gasteiger partial charge on any atom is -0.465 e. The van der Waals surface area contributed by atoms with Crippen LogP contribution in [0.5, 0.6) is 0 Å². The molecule has 0 aliphatic rings. The van der Waals surface area contributed by atoms with Crippen LogP contribution in [0.2, 0.25) is 0 Å². The first-order valence-electron chi connectivity index (χ1n) is 3.95. The fraction of sp³-hybridized carbons (Fsp3) is 0.300. The summed E-state index contributed by atoms with van der Waals surface area (Å²) < 4.78 is 4.57. The van der Waals surface area contributed by atoms with Gasteiger partial charge in [0.1, 0.15) is 0 Å². The summed E-state index contributed by atoms with van der Waals surface area (Å²) in [6.07, 6.45) is 0.988. The van der Waals surface area contributed by atoms with Crippen molar-refractivity contribution < 1.29 is 29.0 Å². The van der Waals surface area contributed by atoms with Crippen molar-refractivity contribution in [2.24, 2.45) is 0 Å². The topological polar surface area (TPSA) is 26.3 Å². The van der Waals surface area contributed by atoms with Gasteiger partial charge in [0, 0.05) is 19.5 Å². The monoisotopic (exact) mass is 228 g/mol. The van der Waals surface area contributed by atoms with Gasteiger partial charge in [-0.3, -0.25) is 0 Å². The maximum Gasteiger partial charge on any atom is 0.337 e. The molecule has 1 aromatic rings. The molecule has 0 saturated heterocycles. The van der Waals surface area contributed by atoms with Crippen molar-refractivity contribution >= 4 is 5.97 Å². The van der Waals surface area contributed by atoms with E-state index >= 15 is 0 Å². The van der Waals surface area contributed by atoms with E-state index in [9.17, 15) is 4.79 Å². The first kappa shape index (κ1) is 12.3. The summed E-state index contributed by atoms with van der Waals surface area (Å²) >= 11 is 0. The Morgan fingerprint density at radius 3 is 2.23 bits per heavy atom. The minimum atomic E-state index is -0.280. The molecule has 1 aromatic carbocycles. The van der Waals surface area contributed by atoms with Crippen molar-refractivity contribution in [1.29, 1.82) is 0 Å². The van der Waals surface area contributed by atoms with E-state index in [4.69, 9.17) is 0 Å². The van der Waals surface area contributed by atoms with Crippen molar-refractivity contribution in [2.45, 2.75) is 13.3 Å². The molecular weight excluding hydrogens is 217 g/mol. The van der Waals surface area contributed by atoms with Crippen LogP contribution in [0.4, 0.5) is 0 Å². The van der Waals surface area contributed by atoms with Crippen LogP contribution in [0.25, 0.3) is 0 Å². The zero-order valence-corrected chi connectivity index (χ0v) is 11.0. The summed E-state index contributed by atoms with van der Waals surface area (Å²) in [7, 11) is 1.38. The molecule has 0 aliphatic heterocycles. The summed E-state index contributed by atoms with van der Waals surface area (Å²) in [6.45, 7) is 2.08. The Bertz CT molecular complexity index is 267. The van der Waals surface area contributed by atoms with Gasteiger partial charge in [-0.05, 0) is 24.1 Å². The number of aryl methyl sites for hydroxylation is 1. The average Bonchev–Trinajstić information content (AvgIpc) is 2.17. The molecule has 0 radical (unpaired) electrons. The van der Waals surface area contributed by atoms with E-state index in [0.717, 1.165) is 6.42 Å². The van der Waals surface area contributed by atoms with Crippen molar-refractivity contribution in [1.82, 2.24) is 0 Å². The van der Waals surface area contributed by atoms with Crippen LogP contribution in [-0.2, 0) is 30.6 Å². The van der Waals surface area contributed by atoms with Gasteiger partial charge in [0.15, 0.2) is 0 Å². The summed E-state index contributed by atoms with van der Waals surface area (Å²) in [6, 6.07) is 7.44. The number of benzene rings is 1. The maximum atomic E-state index is 11.0. The minimum absolute atomic E-state index is 0. The molecule has 0 saturated carbocycles. The molecule has 0 aliphatic carbocycles. The molecule has 0 amide bonds. The average molecular weight is 230 g/mol. The first-order chi connectivity index (χ1) is 5.77. The third kappa shape index (κ3) is 3.27. The van der Waals surface area contributed by atoms with Gasteiger partial charge in [-0.1, -0.05) is 19.1 Å². The zero-order chi connectivity index (χ0) is 8.97. The van der Waals surface area contributed by atoms with E-state index < -0.39 is 0 Å². The third-order valence-corrected chi connectivity index (χ3v) is 1.78. The first-order valence-corrected chi connectivity index (χ1v) is 3.95. The largest absolute Gasteiger partial charge is 0.465 e. The SMILES string of the molecule is CCc1ccc(C(=O)OC)cc1.[Zn]. The van der Waals surface area contributed by atoms with Crippen LogP contribution in [0, 0.1) is 0 Å². The van der Waals surface area contributed by atoms with Gasteiger partial charge in [-0.15, -0.1) is 0 Å². The van der Waals surface area contributed by atoms with Crippen LogP contribution < -0.4 is 0 Å². The number of rotatable bonds is 2. The van der Waals surface area contributed by atoms with Crippen LogP contribution in [0.15, 0.2) is 24.3 Å². The van der Waals surface area contributed by atoms with Gasteiger partial charge in [0.2, 0.25) is 0 Å². The Kier molecular flexibility index (Phi) is 5.56. The predicted molar refractivity (Wildman–Crippen MR) is 47.2 cm³/mol. The number of methoxy groups -OCH3 is 1. The second-order valence-corrected chi connectivity index (χ2v) is 2.54. The van der Waals surface area contributed by atoms with E-state index in [1.165, 1.54) is 12.7 Å². The number of esters is 1. The van der Waals surface area contributed by atoms with Crippen molar-refractivity contribution in [3.63, 3.8) is 0 Å². The molecule has 0 N–H and O–H groups in total. The van der Waals surface area contributed by atoms with Crippen LogP contribution in [-0.4, -0.2) is 13.1 Å².